The van der Waals surface area contributed by atoms with Crippen molar-refractivity contribution in [3.05, 3.63) is 39.7 Å². The molecule has 0 atom stereocenters. The fraction of sp³-hybridized carbons (Fsp3) is 0.312. The maximum absolute atomic E-state index is 6.44. The van der Waals surface area contributed by atoms with Gasteiger partial charge in [0.05, 0.1) is 20.9 Å². The fourth-order valence-corrected chi connectivity index (χ4v) is 3.80. The molecule has 3 rings (SSSR count). The van der Waals surface area contributed by atoms with E-state index in [2.05, 4.69) is 42.0 Å². The first kappa shape index (κ1) is 14.6. The maximum Gasteiger partial charge on any atom is 0.153 e. The third-order valence-corrected chi connectivity index (χ3v) is 5.30. The summed E-state index contributed by atoms with van der Waals surface area (Å²) in [6.07, 6.45) is 0. The quantitative estimate of drug-likeness (QED) is 0.756. The molecule has 0 aliphatic carbocycles. The topological polar surface area (TPSA) is 43.8 Å². The normalized spacial score (nSPS) is 11.7. The van der Waals surface area contributed by atoms with Crippen LogP contribution in [-0.2, 0) is 6.54 Å². The second kappa shape index (κ2) is 5.44. The first-order chi connectivity index (χ1) is 10.0. The Hall–Kier alpha value is -1.36. The summed E-state index contributed by atoms with van der Waals surface area (Å²) in [7, 11) is 0. The number of rotatable bonds is 3. The molecule has 0 bridgehead atoms. The van der Waals surface area contributed by atoms with Gasteiger partial charge in [-0.25, -0.2) is 4.98 Å². The van der Waals surface area contributed by atoms with E-state index in [9.17, 15) is 0 Å². The molecule has 3 aromatic rings. The molecule has 110 valence electrons. The molecular formula is C16H18ClN3S. The number of imidazole rings is 1. The molecule has 0 radical (unpaired) electrons. The van der Waals surface area contributed by atoms with Crippen molar-refractivity contribution >= 4 is 34.0 Å². The summed E-state index contributed by atoms with van der Waals surface area (Å²) in [6.45, 7) is 6.88. The standard InChI is InChI=1S/C16H18ClN3S/c1-9(2)20-13-5-4-11(7-18)6-12(13)19-16(20)15-14(17)10(3)8-21-15/h4-6,8-9H,7,18H2,1-3H3. The van der Waals surface area contributed by atoms with Crippen molar-refractivity contribution in [1.82, 2.24) is 9.55 Å². The largest absolute Gasteiger partial charge is 0.326 e. The van der Waals surface area contributed by atoms with Gasteiger partial charge in [0, 0.05) is 12.6 Å². The molecule has 2 N–H and O–H groups in total. The van der Waals surface area contributed by atoms with Crippen LogP contribution < -0.4 is 5.73 Å². The average Bonchev–Trinajstić information content (AvgIpc) is 2.99. The Morgan fingerprint density at radius 1 is 1.38 bits per heavy atom. The zero-order chi connectivity index (χ0) is 15.1. The number of hydrogen-bond acceptors (Lipinski definition) is 3. The lowest BCUT2D eigenvalue weighted by molar-refractivity contribution is 0.625. The minimum Gasteiger partial charge on any atom is -0.326 e. The summed E-state index contributed by atoms with van der Waals surface area (Å²) in [5.74, 6) is 0.942. The lowest BCUT2D eigenvalue weighted by Crippen LogP contribution is -2.02. The zero-order valence-corrected chi connectivity index (χ0v) is 13.9. The van der Waals surface area contributed by atoms with Crippen LogP contribution in [0.25, 0.3) is 21.7 Å². The van der Waals surface area contributed by atoms with Crippen molar-refractivity contribution < 1.29 is 0 Å². The van der Waals surface area contributed by atoms with Gasteiger partial charge in [0.2, 0.25) is 0 Å². The average molecular weight is 320 g/mol. The van der Waals surface area contributed by atoms with Gasteiger partial charge >= 0.3 is 0 Å². The number of aromatic nitrogens is 2. The Labute approximate surface area is 133 Å². The Kier molecular flexibility index (Phi) is 3.78. The second-order valence-corrected chi connectivity index (χ2v) is 6.75. The molecule has 21 heavy (non-hydrogen) atoms. The minimum atomic E-state index is 0.312. The Balaban J connectivity index is 2.31. The molecule has 1 aromatic carbocycles. The number of nitrogens with zero attached hydrogens (tertiary/aromatic N) is 2. The number of fused-ring (bicyclic) bond motifs is 1. The van der Waals surface area contributed by atoms with E-state index in [1.165, 1.54) is 0 Å². The van der Waals surface area contributed by atoms with E-state index in [1.807, 2.05) is 6.92 Å². The molecule has 0 fully saturated rings. The maximum atomic E-state index is 6.44. The first-order valence-electron chi connectivity index (χ1n) is 6.97. The van der Waals surface area contributed by atoms with E-state index in [-0.39, 0.29) is 0 Å². The third-order valence-electron chi connectivity index (χ3n) is 3.61. The second-order valence-electron chi connectivity index (χ2n) is 5.49. The molecule has 2 heterocycles. The van der Waals surface area contributed by atoms with E-state index in [4.69, 9.17) is 22.3 Å². The van der Waals surface area contributed by atoms with Gasteiger partial charge in [0.1, 0.15) is 0 Å². The summed E-state index contributed by atoms with van der Waals surface area (Å²) in [4.78, 5) is 5.86. The molecular weight excluding hydrogens is 302 g/mol. The van der Waals surface area contributed by atoms with Crippen LogP contribution in [0.3, 0.4) is 0 Å². The third kappa shape index (κ3) is 2.37. The number of nitrogens with two attached hydrogens (primary N) is 1. The molecule has 0 unspecified atom stereocenters. The molecule has 0 saturated carbocycles. The van der Waals surface area contributed by atoms with Gasteiger partial charge in [0.25, 0.3) is 0 Å². The molecule has 0 aliphatic heterocycles. The van der Waals surface area contributed by atoms with Crippen LogP contribution in [0.15, 0.2) is 23.6 Å². The number of hydrogen-bond donors (Lipinski definition) is 1. The number of thiophene rings is 1. The van der Waals surface area contributed by atoms with E-state index in [1.54, 1.807) is 11.3 Å². The lowest BCUT2D eigenvalue weighted by Gasteiger charge is -2.12. The van der Waals surface area contributed by atoms with E-state index in [0.29, 0.717) is 12.6 Å². The van der Waals surface area contributed by atoms with Gasteiger partial charge in [-0.2, -0.15) is 0 Å². The minimum absolute atomic E-state index is 0.312. The van der Waals surface area contributed by atoms with Crippen LogP contribution in [0, 0.1) is 6.92 Å². The van der Waals surface area contributed by atoms with Gasteiger partial charge in [-0.15, -0.1) is 11.3 Å². The van der Waals surface area contributed by atoms with Crippen LogP contribution in [0.5, 0.6) is 0 Å². The molecule has 0 amide bonds. The van der Waals surface area contributed by atoms with Crippen LogP contribution in [0.1, 0.15) is 31.0 Å². The zero-order valence-electron chi connectivity index (χ0n) is 12.4. The highest BCUT2D eigenvalue weighted by atomic mass is 35.5. The van der Waals surface area contributed by atoms with Crippen LogP contribution in [-0.4, -0.2) is 9.55 Å². The van der Waals surface area contributed by atoms with Crippen molar-refractivity contribution in [1.29, 1.82) is 0 Å². The predicted molar refractivity (Wildman–Crippen MR) is 91.1 cm³/mol. The highest BCUT2D eigenvalue weighted by Gasteiger charge is 2.19. The van der Waals surface area contributed by atoms with E-state index in [0.717, 1.165) is 37.9 Å². The van der Waals surface area contributed by atoms with Crippen molar-refractivity contribution in [3.8, 4) is 10.7 Å². The van der Waals surface area contributed by atoms with Gasteiger partial charge < -0.3 is 10.3 Å². The Morgan fingerprint density at radius 3 is 2.71 bits per heavy atom. The van der Waals surface area contributed by atoms with E-state index < -0.39 is 0 Å². The van der Waals surface area contributed by atoms with Crippen LogP contribution >= 0.6 is 22.9 Å². The Bertz CT molecular complexity index is 801. The summed E-state index contributed by atoms with van der Waals surface area (Å²) in [5.41, 5.74) is 10.0. The summed E-state index contributed by atoms with van der Waals surface area (Å²) >= 11 is 8.09. The van der Waals surface area contributed by atoms with Crippen molar-refractivity contribution in [3.63, 3.8) is 0 Å². The summed E-state index contributed by atoms with van der Waals surface area (Å²) in [5, 5.41) is 2.88. The molecule has 0 aliphatic rings. The number of halogens is 1. The fourth-order valence-electron chi connectivity index (χ4n) is 2.53. The van der Waals surface area contributed by atoms with Gasteiger partial charge in [-0.3, -0.25) is 0 Å². The molecule has 3 nitrogen and oxygen atoms in total. The summed E-state index contributed by atoms with van der Waals surface area (Å²) < 4.78 is 2.24. The van der Waals surface area contributed by atoms with Crippen molar-refractivity contribution in [2.24, 2.45) is 5.73 Å². The van der Waals surface area contributed by atoms with E-state index >= 15 is 0 Å². The smallest absolute Gasteiger partial charge is 0.153 e. The van der Waals surface area contributed by atoms with Gasteiger partial charge in [-0.1, -0.05) is 17.7 Å². The lowest BCUT2D eigenvalue weighted by atomic mass is 10.2. The number of benzene rings is 1. The highest BCUT2D eigenvalue weighted by molar-refractivity contribution is 7.14. The van der Waals surface area contributed by atoms with Crippen LogP contribution in [0.2, 0.25) is 5.02 Å². The molecule has 0 spiro atoms. The molecule has 0 saturated heterocycles. The first-order valence-corrected chi connectivity index (χ1v) is 8.23. The number of aryl methyl sites for hydroxylation is 1. The monoisotopic (exact) mass is 319 g/mol. The van der Waals surface area contributed by atoms with Crippen LogP contribution in [0.4, 0.5) is 0 Å². The predicted octanol–water partition coefficient (Wildman–Crippen LogP) is 4.77. The van der Waals surface area contributed by atoms with Crippen molar-refractivity contribution in [2.45, 2.75) is 33.4 Å². The molecule has 2 aromatic heterocycles. The molecule has 5 heteroatoms. The van der Waals surface area contributed by atoms with Crippen molar-refractivity contribution in [2.75, 3.05) is 0 Å². The van der Waals surface area contributed by atoms with Gasteiger partial charge in [-0.05, 0) is 49.4 Å². The summed E-state index contributed by atoms with van der Waals surface area (Å²) in [6, 6.07) is 6.54. The van der Waals surface area contributed by atoms with Gasteiger partial charge in [0.15, 0.2) is 5.82 Å². The SMILES string of the molecule is Cc1csc(-c2nc3cc(CN)ccc3n2C(C)C)c1Cl. The Morgan fingerprint density at radius 2 is 2.14 bits per heavy atom. The highest BCUT2D eigenvalue weighted by Crippen LogP contribution is 2.38.